The van der Waals surface area contributed by atoms with Gasteiger partial charge in [0.1, 0.15) is 17.3 Å². The Morgan fingerprint density at radius 2 is 1.92 bits per heavy atom. The van der Waals surface area contributed by atoms with Gasteiger partial charge in [-0.05, 0) is 36.4 Å². The molecule has 6 nitrogen and oxygen atoms in total. The van der Waals surface area contributed by atoms with Crippen LogP contribution in [0.1, 0.15) is 12.5 Å². The SMILES string of the molecule is CC(=O)Nc1ccc2c(c1)C(N1CCOCC1)=Nc1cc(Cl)ccc1O2. The number of carbonyl (C=O) groups excluding carboxylic acids is 1. The number of amides is 1. The summed E-state index contributed by atoms with van der Waals surface area (Å²) < 4.78 is 11.6. The van der Waals surface area contributed by atoms with Crippen LogP contribution in [0.2, 0.25) is 5.02 Å². The van der Waals surface area contributed by atoms with Crippen LogP contribution in [0.15, 0.2) is 41.4 Å². The molecule has 4 rings (SSSR count). The Kier molecular flexibility index (Phi) is 4.53. The predicted octanol–water partition coefficient (Wildman–Crippen LogP) is 3.81. The third-order valence-electron chi connectivity index (χ3n) is 4.22. The second-order valence-corrected chi connectivity index (χ2v) is 6.58. The molecule has 7 heteroatoms. The van der Waals surface area contributed by atoms with Gasteiger partial charge in [-0.3, -0.25) is 4.79 Å². The number of hydrogen-bond donors (Lipinski definition) is 1. The van der Waals surface area contributed by atoms with Gasteiger partial charge in [0.2, 0.25) is 5.91 Å². The quantitative estimate of drug-likeness (QED) is 0.827. The van der Waals surface area contributed by atoms with Crippen LogP contribution in [0.4, 0.5) is 11.4 Å². The van der Waals surface area contributed by atoms with Gasteiger partial charge in [0.15, 0.2) is 5.75 Å². The van der Waals surface area contributed by atoms with Crippen molar-refractivity contribution in [3.05, 3.63) is 47.0 Å². The van der Waals surface area contributed by atoms with E-state index in [0.29, 0.717) is 41.1 Å². The maximum Gasteiger partial charge on any atom is 0.221 e. The van der Waals surface area contributed by atoms with E-state index in [1.165, 1.54) is 6.92 Å². The summed E-state index contributed by atoms with van der Waals surface area (Å²) in [6, 6.07) is 10.9. The number of anilines is 1. The van der Waals surface area contributed by atoms with Crippen molar-refractivity contribution in [3.63, 3.8) is 0 Å². The number of ether oxygens (including phenoxy) is 2. The van der Waals surface area contributed by atoms with Crippen LogP contribution < -0.4 is 10.1 Å². The lowest BCUT2D eigenvalue weighted by Crippen LogP contribution is -2.41. The van der Waals surface area contributed by atoms with E-state index in [1.807, 2.05) is 24.3 Å². The Morgan fingerprint density at radius 3 is 2.69 bits per heavy atom. The van der Waals surface area contributed by atoms with E-state index >= 15 is 0 Å². The average Bonchev–Trinajstić information content (AvgIpc) is 2.78. The molecule has 0 unspecified atom stereocenters. The van der Waals surface area contributed by atoms with Crippen LogP contribution in [-0.4, -0.2) is 42.9 Å². The normalized spacial score (nSPS) is 15.9. The van der Waals surface area contributed by atoms with Crippen LogP contribution in [0.5, 0.6) is 11.5 Å². The van der Waals surface area contributed by atoms with Crippen LogP contribution in [0.25, 0.3) is 0 Å². The Bertz CT molecular complexity index is 892. The largest absolute Gasteiger partial charge is 0.454 e. The molecule has 0 bridgehead atoms. The summed E-state index contributed by atoms with van der Waals surface area (Å²) in [6.07, 6.45) is 0. The molecule has 1 N–H and O–H groups in total. The summed E-state index contributed by atoms with van der Waals surface area (Å²) in [7, 11) is 0. The van der Waals surface area contributed by atoms with Crippen molar-refractivity contribution < 1.29 is 14.3 Å². The highest BCUT2D eigenvalue weighted by molar-refractivity contribution is 6.31. The molecule has 0 atom stereocenters. The van der Waals surface area contributed by atoms with Gasteiger partial charge in [-0.15, -0.1) is 0 Å². The highest BCUT2D eigenvalue weighted by Crippen LogP contribution is 2.40. The Balaban J connectivity index is 1.85. The van der Waals surface area contributed by atoms with Crippen molar-refractivity contribution in [1.82, 2.24) is 4.90 Å². The van der Waals surface area contributed by atoms with Crippen molar-refractivity contribution in [3.8, 4) is 11.5 Å². The molecule has 26 heavy (non-hydrogen) atoms. The number of carbonyl (C=O) groups is 1. The van der Waals surface area contributed by atoms with Gasteiger partial charge in [-0.25, -0.2) is 4.99 Å². The van der Waals surface area contributed by atoms with Crippen LogP contribution >= 0.6 is 11.6 Å². The van der Waals surface area contributed by atoms with Gasteiger partial charge in [-0.2, -0.15) is 0 Å². The first kappa shape index (κ1) is 16.9. The molecule has 1 amide bonds. The van der Waals surface area contributed by atoms with E-state index in [9.17, 15) is 4.79 Å². The number of amidine groups is 1. The number of morpholine rings is 1. The van der Waals surface area contributed by atoms with Gasteiger partial charge < -0.3 is 19.7 Å². The molecule has 0 radical (unpaired) electrons. The maximum absolute atomic E-state index is 11.4. The van der Waals surface area contributed by atoms with Gasteiger partial charge in [0.05, 0.1) is 18.8 Å². The molecule has 0 aromatic heterocycles. The van der Waals surface area contributed by atoms with Crippen molar-refractivity contribution in [2.75, 3.05) is 31.6 Å². The molecule has 2 heterocycles. The molecule has 1 fully saturated rings. The van der Waals surface area contributed by atoms with E-state index in [0.717, 1.165) is 24.5 Å². The molecule has 0 saturated carbocycles. The molecule has 1 saturated heterocycles. The lowest BCUT2D eigenvalue weighted by molar-refractivity contribution is -0.114. The van der Waals surface area contributed by atoms with Gasteiger partial charge in [-0.1, -0.05) is 11.6 Å². The van der Waals surface area contributed by atoms with Crippen LogP contribution in [0.3, 0.4) is 0 Å². The first-order valence-corrected chi connectivity index (χ1v) is 8.79. The molecule has 2 aliphatic heterocycles. The zero-order chi connectivity index (χ0) is 18.1. The molecule has 2 aliphatic rings. The number of aliphatic imine (C=N–C) groups is 1. The number of nitrogens with zero attached hydrogens (tertiary/aromatic N) is 2. The van der Waals surface area contributed by atoms with E-state index in [-0.39, 0.29) is 5.91 Å². The van der Waals surface area contributed by atoms with Crippen molar-refractivity contribution in [1.29, 1.82) is 0 Å². The minimum Gasteiger partial charge on any atom is -0.454 e. The summed E-state index contributed by atoms with van der Waals surface area (Å²) >= 11 is 6.15. The van der Waals surface area contributed by atoms with Crippen LogP contribution in [0, 0.1) is 0 Å². The average molecular weight is 372 g/mol. The minimum atomic E-state index is -0.126. The zero-order valence-corrected chi connectivity index (χ0v) is 15.0. The van der Waals surface area contributed by atoms with E-state index in [4.69, 9.17) is 26.1 Å². The first-order valence-electron chi connectivity index (χ1n) is 8.41. The second-order valence-electron chi connectivity index (χ2n) is 6.14. The first-order chi connectivity index (χ1) is 12.6. The minimum absolute atomic E-state index is 0.126. The zero-order valence-electron chi connectivity index (χ0n) is 14.3. The van der Waals surface area contributed by atoms with Crippen LogP contribution in [-0.2, 0) is 9.53 Å². The maximum atomic E-state index is 11.4. The number of hydrogen-bond acceptors (Lipinski definition) is 5. The third-order valence-corrected chi connectivity index (χ3v) is 4.45. The molecule has 2 aromatic carbocycles. The fraction of sp³-hybridized carbons (Fsp3) is 0.263. The number of halogens is 1. The Morgan fingerprint density at radius 1 is 1.15 bits per heavy atom. The molecular formula is C19H18ClN3O3. The van der Waals surface area contributed by atoms with E-state index in [2.05, 4.69) is 10.2 Å². The van der Waals surface area contributed by atoms with Gasteiger partial charge in [0.25, 0.3) is 0 Å². The fourth-order valence-electron chi connectivity index (χ4n) is 3.05. The topological polar surface area (TPSA) is 63.2 Å². The highest BCUT2D eigenvalue weighted by Gasteiger charge is 2.25. The van der Waals surface area contributed by atoms with Gasteiger partial charge >= 0.3 is 0 Å². The molecule has 0 spiro atoms. The lowest BCUT2D eigenvalue weighted by Gasteiger charge is -2.30. The van der Waals surface area contributed by atoms with E-state index < -0.39 is 0 Å². The highest BCUT2D eigenvalue weighted by atomic mass is 35.5. The smallest absolute Gasteiger partial charge is 0.221 e. The number of nitrogens with one attached hydrogen (secondary N) is 1. The number of rotatable bonds is 1. The fourth-order valence-corrected chi connectivity index (χ4v) is 3.21. The number of benzene rings is 2. The van der Waals surface area contributed by atoms with Crippen molar-refractivity contribution >= 4 is 34.7 Å². The van der Waals surface area contributed by atoms with Gasteiger partial charge in [0, 0.05) is 30.7 Å². The Hall–Kier alpha value is -2.57. The summed E-state index contributed by atoms with van der Waals surface area (Å²) in [6.45, 7) is 4.24. The van der Waals surface area contributed by atoms with E-state index in [1.54, 1.807) is 12.1 Å². The molecule has 0 aliphatic carbocycles. The number of fused-ring (bicyclic) bond motifs is 2. The van der Waals surface area contributed by atoms with Crippen molar-refractivity contribution in [2.45, 2.75) is 6.92 Å². The summed E-state index contributed by atoms with van der Waals surface area (Å²) in [5.41, 5.74) is 2.20. The molecule has 134 valence electrons. The second kappa shape index (κ2) is 6.97. The third kappa shape index (κ3) is 3.38. The monoisotopic (exact) mass is 371 g/mol. The summed E-state index contributed by atoms with van der Waals surface area (Å²) in [5.74, 6) is 1.99. The standard InChI is InChI=1S/C19H18ClN3O3/c1-12(24)21-14-3-5-17-15(11-14)19(23-6-8-25-9-7-23)22-16-10-13(20)2-4-18(16)26-17/h2-5,10-11H,6-9H2,1H3,(H,21,24). The predicted molar refractivity (Wildman–Crippen MR) is 101 cm³/mol. The lowest BCUT2D eigenvalue weighted by atomic mass is 10.1. The summed E-state index contributed by atoms with van der Waals surface area (Å²) in [5, 5.41) is 3.41. The molecular weight excluding hydrogens is 354 g/mol. The summed E-state index contributed by atoms with van der Waals surface area (Å²) in [4.78, 5) is 18.5. The van der Waals surface area contributed by atoms with Crippen molar-refractivity contribution in [2.24, 2.45) is 4.99 Å². The Labute approximate surface area is 156 Å². The molecule has 2 aromatic rings.